The second kappa shape index (κ2) is 9.38. The molecule has 0 atom stereocenters. The second-order valence-corrected chi connectivity index (χ2v) is 7.63. The number of anilines is 1. The van der Waals surface area contributed by atoms with Crippen LogP contribution in [0.1, 0.15) is 31.2 Å². The van der Waals surface area contributed by atoms with Crippen LogP contribution in [-0.2, 0) is 11.2 Å². The molecule has 2 aromatic rings. The highest BCUT2D eigenvalue weighted by Crippen LogP contribution is 2.35. The van der Waals surface area contributed by atoms with Crippen LogP contribution in [0.25, 0.3) is 0 Å². The molecular formula is C23H29ClN2O. The van der Waals surface area contributed by atoms with Gasteiger partial charge in [-0.1, -0.05) is 48.5 Å². The fourth-order valence-corrected chi connectivity index (χ4v) is 3.97. The van der Waals surface area contributed by atoms with Gasteiger partial charge < -0.3 is 9.80 Å². The van der Waals surface area contributed by atoms with E-state index in [2.05, 4.69) is 52.3 Å². The summed E-state index contributed by atoms with van der Waals surface area (Å²) in [5, 5.41) is 0. The van der Waals surface area contributed by atoms with Crippen molar-refractivity contribution in [1.82, 2.24) is 4.90 Å². The number of likely N-dealkylation sites (tertiary alicyclic amines) is 1. The van der Waals surface area contributed by atoms with Crippen LogP contribution in [0.3, 0.4) is 0 Å². The second-order valence-electron chi connectivity index (χ2n) is 7.63. The molecule has 0 N–H and O–H groups in total. The molecule has 144 valence electrons. The molecule has 1 amide bonds. The minimum Gasteiger partial charge on any atom is -0.309 e. The lowest BCUT2D eigenvalue weighted by Gasteiger charge is -2.38. The van der Waals surface area contributed by atoms with Gasteiger partial charge in [-0.15, -0.1) is 12.4 Å². The summed E-state index contributed by atoms with van der Waals surface area (Å²) in [5.41, 5.74) is 2.48. The number of nitrogens with zero attached hydrogens (tertiary/aromatic N) is 2. The molecule has 0 spiro atoms. The van der Waals surface area contributed by atoms with Crippen molar-refractivity contribution < 1.29 is 4.79 Å². The third-order valence-corrected chi connectivity index (χ3v) is 5.68. The Morgan fingerprint density at radius 2 is 1.48 bits per heavy atom. The van der Waals surface area contributed by atoms with Crippen molar-refractivity contribution in [2.45, 2.75) is 38.1 Å². The first kappa shape index (κ1) is 19.9. The smallest absolute Gasteiger partial charge is 0.230 e. The Morgan fingerprint density at radius 1 is 0.889 bits per heavy atom. The predicted octanol–water partition coefficient (Wildman–Crippen LogP) is 4.56. The van der Waals surface area contributed by atoms with Crippen LogP contribution in [0.2, 0.25) is 0 Å². The van der Waals surface area contributed by atoms with Crippen LogP contribution < -0.4 is 4.90 Å². The topological polar surface area (TPSA) is 23.6 Å². The van der Waals surface area contributed by atoms with Crippen molar-refractivity contribution in [2.24, 2.45) is 5.92 Å². The number of hydrogen-bond donors (Lipinski definition) is 0. The third kappa shape index (κ3) is 5.12. The number of halogens is 1. The number of rotatable bonds is 6. The molecule has 1 heterocycles. The number of benzene rings is 2. The third-order valence-electron chi connectivity index (χ3n) is 5.68. The first-order chi connectivity index (χ1) is 12.8. The number of piperidine rings is 1. The Hall–Kier alpha value is -1.84. The summed E-state index contributed by atoms with van der Waals surface area (Å²) < 4.78 is 0. The van der Waals surface area contributed by atoms with Gasteiger partial charge in [-0.05, 0) is 49.8 Å². The minimum absolute atomic E-state index is 0. The van der Waals surface area contributed by atoms with E-state index in [0.29, 0.717) is 11.9 Å². The van der Waals surface area contributed by atoms with Gasteiger partial charge in [0.25, 0.3) is 0 Å². The number of hydrogen-bond acceptors (Lipinski definition) is 2. The Labute approximate surface area is 168 Å². The Morgan fingerprint density at radius 3 is 2.07 bits per heavy atom. The summed E-state index contributed by atoms with van der Waals surface area (Å²) in [5.74, 6) is 0.616. The highest BCUT2D eigenvalue weighted by molar-refractivity contribution is 5.97. The van der Waals surface area contributed by atoms with Gasteiger partial charge in [0.05, 0.1) is 0 Å². The molecule has 4 rings (SSSR count). The Kier molecular flexibility index (Phi) is 6.92. The maximum Gasteiger partial charge on any atom is 0.230 e. The normalized spacial score (nSPS) is 17.9. The van der Waals surface area contributed by atoms with Gasteiger partial charge in [0.1, 0.15) is 0 Å². The quantitative estimate of drug-likeness (QED) is 0.722. The van der Waals surface area contributed by atoms with Crippen molar-refractivity contribution in [3.05, 3.63) is 66.2 Å². The summed E-state index contributed by atoms with van der Waals surface area (Å²) in [7, 11) is 0. The van der Waals surface area contributed by atoms with Crippen molar-refractivity contribution in [3.63, 3.8) is 0 Å². The Balaban J connectivity index is 0.00000210. The molecule has 4 heteroatoms. The molecule has 0 unspecified atom stereocenters. The number of para-hydroxylation sites is 1. The fraction of sp³-hybridized carbons (Fsp3) is 0.435. The molecule has 1 saturated heterocycles. The zero-order chi connectivity index (χ0) is 17.8. The molecule has 0 aromatic heterocycles. The van der Waals surface area contributed by atoms with Crippen LogP contribution in [-0.4, -0.2) is 36.5 Å². The first-order valence-electron chi connectivity index (χ1n) is 9.95. The molecule has 2 fully saturated rings. The van der Waals surface area contributed by atoms with E-state index in [9.17, 15) is 4.79 Å². The fourth-order valence-electron chi connectivity index (χ4n) is 3.97. The SMILES string of the molecule is Cl.O=C(C1CC1)N(C1CCN(CCc2ccccc2)CC1)[13c]1[13cH][13cH][13cH][13cH][13cH]1. The van der Waals surface area contributed by atoms with E-state index in [4.69, 9.17) is 0 Å². The lowest BCUT2D eigenvalue weighted by Crippen LogP contribution is -2.48. The van der Waals surface area contributed by atoms with E-state index in [1.54, 1.807) is 0 Å². The zero-order valence-corrected chi connectivity index (χ0v) is 16.6. The van der Waals surface area contributed by atoms with Gasteiger partial charge in [0.15, 0.2) is 0 Å². The lowest BCUT2D eigenvalue weighted by atomic mass is 10.0. The number of carbonyl (C=O) groups excluding carboxylic acids is 1. The summed E-state index contributed by atoms with van der Waals surface area (Å²) in [6, 6.07) is 21.3. The Bertz CT molecular complexity index is 710. The van der Waals surface area contributed by atoms with E-state index in [1.807, 2.05) is 18.2 Å². The lowest BCUT2D eigenvalue weighted by molar-refractivity contribution is -0.120. The van der Waals surface area contributed by atoms with Crippen molar-refractivity contribution in [1.29, 1.82) is 0 Å². The largest absolute Gasteiger partial charge is 0.309 e. The van der Waals surface area contributed by atoms with Crippen LogP contribution in [0, 0.1) is 5.92 Å². The molecule has 3 nitrogen and oxygen atoms in total. The van der Waals surface area contributed by atoms with E-state index >= 15 is 0 Å². The average molecular weight is 391 g/mol. The molecule has 1 aliphatic heterocycles. The van der Waals surface area contributed by atoms with Crippen LogP contribution in [0.4, 0.5) is 5.69 Å². The summed E-state index contributed by atoms with van der Waals surface area (Å²) >= 11 is 0. The standard InChI is InChI=1S/C23H28N2O.ClH/c26-23(20-11-12-20)25(21-9-5-2-6-10-21)22-14-17-24(18-15-22)16-13-19-7-3-1-4-8-19;/h1-10,20,22H,11-18H2;1H/i2+1,5+1,6+1,9+1,10+1,21+1;. The van der Waals surface area contributed by atoms with Crippen molar-refractivity contribution >= 4 is 24.0 Å². The monoisotopic (exact) mass is 390 g/mol. The van der Waals surface area contributed by atoms with Gasteiger partial charge in [-0.3, -0.25) is 4.79 Å². The molecule has 0 radical (unpaired) electrons. The first-order valence-corrected chi connectivity index (χ1v) is 9.95. The van der Waals surface area contributed by atoms with Crippen LogP contribution >= 0.6 is 12.4 Å². The number of carbonyl (C=O) groups is 1. The maximum atomic E-state index is 12.9. The molecule has 2 aromatic carbocycles. The van der Waals surface area contributed by atoms with E-state index in [-0.39, 0.29) is 18.3 Å². The maximum absolute atomic E-state index is 12.9. The van der Waals surface area contributed by atoms with Crippen LogP contribution in [0.5, 0.6) is 0 Å². The highest BCUT2D eigenvalue weighted by Gasteiger charge is 2.37. The molecule has 1 aliphatic carbocycles. The summed E-state index contributed by atoms with van der Waals surface area (Å²) in [6.07, 6.45) is 5.38. The minimum atomic E-state index is 0. The van der Waals surface area contributed by atoms with Gasteiger partial charge in [0, 0.05) is 37.3 Å². The summed E-state index contributed by atoms with van der Waals surface area (Å²) in [6.45, 7) is 3.27. The summed E-state index contributed by atoms with van der Waals surface area (Å²) in [4.78, 5) is 17.6. The molecule has 1 saturated carbocycles. The van der Waals surface area contributed by atoms with Gasteiger partial charge in [0.2, 0.25) is 5.91 Å². The van der Waals surface area contributed by atoms with E-state index < -0.39 is 0 Å². The van der Waals surface area contributed by atoms with Crippen LogP contribution in [0.15, 0.2) is 60.7 Å². The average Bonchev–Trinajstić information content (AvgIpc) is 3.55. The van der Waals surface area contributed by atoms with Crippen molar-refractivity contribution in [3.8, 4) is 0 Å². The molecular weight excluding hydrogens is 362 g/mol. The molecule has 2 aliphatic rings. The van der Waals surface area contributed by atoms with E-state index in [0.717, 1.165) is 57.4 Å². The predicted molar refractivity (Wildman–Crippen MR) is 114 cm³/mol. The molecule has 27 heavy (non-hydrogen) atoms. The zero-order valence-electron chi connectivity index (χ0n) is 15.8. The van der Waals surface area contributed by atoms with Gasteiger partial charge in [-0.2, -0.15) is 0 Å². The highest BCUT2D eigenvalue weighted by atomic mass is 35.5. The number of amides is 1. The van der Waals surface area contributed by atoms with Gasteiger partial charge in [-0.25, -0.2) is 0 Å². The van der Waals surface area contributed by atoms with E-state index in [1.165, 1.54) is 5.56 Å². The van der Waals surface area contributed by atoms with Gasteiger partial charge >= 0.3 is 0 Å². The van der Waals surface area contributed by atoms with Crippen molar-refractivity contribution in [2.75, 3.05) is 24.5 Å². The molecule has 0 bridgehead atoms.